The molecule has 0 aliphatic heterocycles. The van der Waals surface area contributed by atoms with E-state index in [1.165, 1.54) is 12.1 Å². The zero-order chi connectivity index (χ0) is 13.0. The molecule has 0 saturated heterocycles. The molecule has 96 valence electrons. The Labute approximate surface area is 109 Å². The maximum atomic E-state index is 13.2. The Morgan fingerprint density at radius 3 is 3.00 bits per heavy atom. The van der Waals surface area contributed by atoms with E-state index in [0.29, 0.717) is 24.6 Å². The average Bonchev–Trinajstić information content (AvgIpc) is 2.77. The molecular formula is C12H13ClFN3O. The third-order valence-corrected chi connectivity index (χ3v) is 2.70. The molecule has 0 fully saturated rings. The standard InChI is InChI=1S/C12H13ClFN3O/c1-18-12-3-2-10(14)6-9(12)7-17-8-11(4-5-13)15-16-17/h2-3,6,8H,4-5,7H2,1H3. The van der Waals surface area contributed by atoms with Crippen molar-refractivity contribution in [2.24, 2.45) is 0 Å². The third kappa shape index (κ3) is 2.98. The van der Waals surface area contributed by atoms with Gasteiger partial charge in [0.2, 0.25) is 0 Å². The Kier molecular flexibility index (Phi) is 4.15. The van der Waals surface area contributed by atoms with Gasteiger partial charge in [0.05, 0.1) is 19.3 Å². The molecule has 0 radical (unpaired) electrons. The minimum atomic E-state index is -0.299. The highest BCUT2D eigenvalue weighted by atomic mass is 35.5. The van der Waals surface area contributed by atoms with Gasteiger partial charge in [-0.2, -0.15) is 0 Å². The van der Waals surface area contributed by atoms with Gasteiger partial charge in [-0.1, -0.05) is 5.21 Å². The quantitative estimate of drug-likeness (QED) is 0.782. The van der Waals surface area contributed by atoms with Gasteiger partial charge < -0.3 is 4.74 Å². The molecule has 1 heterocycles. The number of aromatic nitrogens is 3. The van der Waals surface area contributed by atoms with E-state index in [0.717, 1.165) is 11.3 Å². The van der Waals surface area contributed by atoms with Crippen LogP contribution in [-0.4, -0.2) is 28.0 Å². The second-order valence-electron chi connectivity index (χ2n) is 3.80. The molecule has 2 rings (SSSR count). The van der Waals surface area contributed by atoms with Crippen LogP contribution in [0.15, 0.2) is 24.4 Å². The van der Waals surface area contributed by atoms with Crippen LogP contribution in [0.1, 0.15) is 11.3 Å². The summed E-state index contributed by atoms with van der Waals surface area (Å²) in [6.45, 7) is 0.413. The molecular weight excluding hydrogens is 257 g/mol. The van der Waals surface area contributed by atoms with Crippen molar-refractivity contribution in [3.05, 3.63) is 41.5 Å². The maximum Gasteiger partial charge on any atom is 0.124 e. The summed E-state index contributed by atoms with van der Waals surface area (Å²) in [5.41, 5.74) is 1.54. The summed E-state index contributed by atoms with van der Waals surface area (Å²) in [5, 5.41) is 7.94. The largest absolute Gasteiger partial charge is 0.496 e. The Morgan fingerprint density at radius 2 is 2.28 bits per heavy atom. The molecule has 6 heteroatoms. The van der Waals surface area contributed by atoms with Crippen molar-refractivity contribution < 1.29 is 9.13 Å². The van der Waals surface area contributed by atoms with Crippen molar-refractivity contribution in [3.63, 3.8) is 0 Å². The molecule has 0 atom stereocenters. The molecule has 0 N–H and O–H groups in total. The summed E-state index contributed by atoms with van der Waals surface area (Å²) in [6.07, 6.45) is 2.47. The average molecular weight is 270 g/mol. The Balaban J connectivity index is 2.19. The number of nitrogens with zero attached hydrogens (tertiary/aromatic N) is 3. The molecule has 18 heavy (non-hydrogen) atoms. The topological polar surface area (TPSA) is 39.9 Å². The highest BCUT2D eigenvalue weighted by molar-refractivity contribution is 6.17. The van der Waals surface area contributed by atoms with Crippen molar-refractivity contribution >= 4 is 11.6 Å². The van der Waals surface area contributed by atoms with Crippen LogP contribution in [0.25, 0.3) is 0 Å². The Hall–Kier alpha value is -1.62. The van der Waals surface area contributed by atoms with E-state index in [1.807, 2.05) is 0 Å². The number of aryl methyl sites for hydroxylation is 1. The fourth-order valence-corrected chi connectivity index (χ4v) is 1.87. The molecule has 0 saturated carbocycles. The summed E-state index contributed by atoms with van der Waals surface area (Å²) < 4.78 is 20.0. The second-order valence-corrected chi connectivity index (χ2v) is 4.18. The summed E-state index contributed by atoms with van der Waals surface area (Å²) in [4.78, 5) is 0. The van der Waals surface area contributed by atoms with Crippen LogP contribution in [0, 0.1) is 5.82 Å². The smallest absolute Gasteiger partial charge is 0.124 e. The second kappa shape index (κ2) is 5.82. The van der Waals surface area contributed by atoms with Crippen molar-refractivity contribution in [1.29, 1.82) is 0 Å². The highest BCUT2D eigenvalue weighted by Gasteiger charge is 2.07. The van der Waals surface area contributed by atoms with E-state index in [-0.39, 0.29) is 5.82 Å². The zero-order valence-electron chi connectivity index (χ0n) is 9.94. The lowest BCUT2D eigenvalue weighted by Gasteiger charge is -2.07. The predicted molar refractivity (Wildman–Crippen MR) is 66.5 cm³/mol. The first-order valence-corrected chi connectivity index (χ1v) is 6.03. The molecule has 0 spiro atoms. The van der Waals surface area contributed by atoms with Crippen molar-refractivity contribution in [1.82, 2.24) is 15.0 Å². The molecule has 0 unspecified atom stereocenters. The predicted octanol–water partition coefficient (Wildman–Crippen LogP) is 2.26. The third-order valence-electron chi connectivity index (χ3n) is 2.51. The van der Waals surface area contributed by atoms with Gasteiger partial charge in [0, 0.05) is 24.1 Å². The minimum Gasteiger partial charge on any atom is -0.496 e. The van der Waals surface area contributed by atoms with E-state index in [2.05, 4.69) is 10.3 Å². The maximum absolute atomic E-state index is 13.2. The Bertz CT molecular complexity index is 530. The summed E-state index contributed by atoms with van der Waals surface area (Å²) in [7, 11) is 1.55. The van der Waals surface area contributed by atoms with Gasteiger partial charge in [0.1, 0.15) is 11.6 Å². The monoisotopic (exact) mass is 269 g/mol. The highest BCUT2D eigenvalue weighted by Crippen LogP contribution is 2.20. The zero-order valence-corrected chi connectivity index (χ0v) is 10.7. The number of alkyl halides is 1. The normalized spacial score (nSPS) is 10.6. The summed E-state index contributed by atoms with van der Waals surface area (Å²) in [5.74, 6) is 0.833. The van der Waals surface area contributed by atoms with Gasteiger partial charge >= 0.3 is 0 Å². The van der Waals surface area contributed by atoms with Gasteiger partial charge in [0.15, 0.2) is 0 Å². The van der Waals surface area contributed by atoms with Crippen LogP contribution in [0.4, 0.5) is 4.39 Å². The molecule has 4 nitrogen and oxygen atoms in total. The van der Waals surface area contributed by atoms with Crippen LogP contribution in [0.2, 0.25) is 0 Å². The van der Waals surface area contributed by atoms with Crippen molar-refractivity contribution in [2.75, 3.05) is 13.0 Å². The van der Waals surface area contributed by atoms with Crippen molar-refractivity contribution in [3.8, 4) is 5.75 Å². The molecule has 2 aromatic rings. The summed E-state index contributed by atoms with van der Waals surface area (Å²) in [6, 6.07) is 4.39. The molecule has 1 aromatic carbocycles. The Morgan fingerprint density at radius 1 is 1.44 bits per heavy atom. The number of rotatable bonds is 5. The first-order chi connectivity index (χ1) is 8.72. The van der Waals surface area contributed by atoms with E-state index < -0.39 is 0 Å². The lowest BCUT2D eigenvalue weighted by Crippen LogP contribution is -2.03. The SMILES string of the molecule is COc1ccc(F)cc1Cn1cc(CCCl)nn1. The number of hydrogen-bond acceptors (Lipinski definition) is 3. The number of halogens is 2. The summed E-state index contributed by atoms with van der Waals surface area (Å²) >= 11 is 5.63. The van der Waals surface area contributed by atoms with Crippen LogP contribution in [0.3, 0.4) is 0 Å². The molecule has 0 aliphatic rings. The van der Waals surface area contributed by atoms with E-state index in [1.54, 1.807) is 24.1 Å². The van der Waals surface area contributed by atoms with Gasteiger partial charge in [0.25, 0.3) is 0 Å². The number of hydrogen-bond donors (Lipinski definition) is 0. The number of ether oxygens (including phenoxy) is 1. The number of methoxy groups -OCH3 is 1. The van der Waals surface area contributed by atoms with Crippen LogP contribution in [0.5, 0.6) is 5.75 Å². The van der Waals surface area contributed by atoms with E-state index >= 15 is 0 Å². The molecule has 0 bridgehead atoms. The van der Waals surface area contributed by atoms with Gasteiger partial charge in [-0.15, -0.1) is 16.7 Å². The van der Waals surface area contributed by atoms with E-state index in [9.17, 15) is 4.39 Å². The molecule has 0 amide bonds. The molecule has 0 aliphatic carbocycles. The molecule has 1 aromatic heterocycles. The van der Waals surface area contributed by atoms with Gasteiger partial charge in [-0.25, -0.2) is 9.07 Å². The number of benzene rings is 1. The van der Waals surface area contributed by atoms with Crippen LogP contribution < -0.4 is 4.74 Å². The van der Waals surface area contributed by atoms with Crippen LogP contribution in [-0.2, 0) is 13.0 Å². The van der Waals surface area contributed by atoms with Crippen LogP contribution >= 0.6 is 11.6 Å². The van der Waals surface area contributed by atoms with Crippen molar-refractivity contribution in [2.45, 2.75) is 13.0 Å². The lowest BCUT2D eigenvalue weighted by atomic mass is 10.2. The van der Waals surface area contributed by atoms with Gasteiger partial charge in [-0.05, 0) is 18.2 Å². The van der Waals surface area contributed by atoms with E-state index in [4.69, 9.17) is 16.3 Å². The lowest BCUT2D eigenvalue weighted by molar-refractivity contribution is 0.405. The first kappa shape index (κ1) is 12.8. The van der Waals surface area contributed by atoms with Gasteiger partial charge in [-0.3, -0.25) is 0 Å². The minimum absolute atomic E-state index is 0.299. The fourth-order valence-electron chi connectivity index (χ4n) is 1.67. The first-order valence-electron chi connectivity index (χ1n) is 5.50. The fraction of sp³-hybridized carbons (Fsp3) is 0.333.